The molecule has 7 nitrogen and oxygen atoms in total. The average Bonchev–Trinajstić information content (AvgIpc) is 2.76. The van der Waals surface area contributed by atoms with Crippen LogP contribution in [0.2, 0.25) is 10.0 Å². The van der Waals surface area contributed by atoms with Gasteiger partial charge in [-0.1, -0.05) is 23.2 Å². The second kappa shape index (κ2) is 5.38. The fraction of sp³-hybridized carbons (Fsp3) is 0.182. The molecule has 0 saturated carbocycles. The van der Waals surface area contributed by atoms with E-state index < -0.39 is 22.1 Å². The Morgan fingerprint density at radius 1 is 1.33 bits per heavy atom. The SMILES string of the molecule is CN(C)S(=O)(=O)c1cc(Cl)c(Cl)c2oc(OC(=O)O)cc12. The van der Waals surface area contributed by atoms with Gasteiger partial charge >= 0.3 is 6.16 Å². The minimum absolute atomic E-state index is 0.0374. The molecular weight excluding hydrogens is 345 g/mol. The molecule has 0 amide bonds. The van der Waals surface area contributed by atoms with E-state index >= 15 is 0 Å². The summed E-state index contributed by atoms with van der Waals surface area (Å²) in [4.78, 5) is 10.4. The van der Waals surface area contributed by atoms with Crippen molar-refractivity contribution in [3.8, 4) is 5.95 Å². The number of halogens is 2. The summed E-state index contributed by atoms with van der Waals surface area (Å²) < 4.78 is 35.0. The highest BCUT2D eigenvalue weighted by Gasteiger charge is 2.26. The zero-order chi connectivity index (χ0) is 15.9. The molecule has 2 rings (SSSR count). The van der Waals surface area contributed by atoms with E-state index in [9.17, 15) is 13.2 Å². The van der Waals surface area contributed by atoms with E-state index in [4.69, 9.17) is 32.7 Å². The first-order chi connectivity index (χ1) is 9.64. The van der Waals surface area contributed by atoms with E-state index in [2.05, 4.69) is 4.74 Å². The molecule has 2 aromatic rings. The number of benzene rings is 1. The quantitative estimate of drug-likeness (QED) is 0.851. The zero-order valence-electron chi connectivity index (χ0n) is 10.8. The van der Waals surface area contributed by atoms with Gasteiger partial charge in [-0.25, -0.2) is 17.5 Å². The molecule has 10 heteroatoms. The highest BCUT2D eigenvalue weighted by atomic mass is 35.5. The molecular formula is C11H9Cl2NO6S. The Kier molecular flexibility index (Phi) is 4.07. The number of ether oxygens (including phenoxy) is 1. The van der Waals surface area contributed by atoms with Crippen LogP contribution in [-0.2, 0) is 10.0 Å². The molecule has 114 valence electrons. The van der Waals surface area contributed by atoms with E-state index in [0.717, 1.165) is 10.4 Å². The molecule has 0 spiro atoms. The van der Waals surface area contributed by atoms with Crippen LogP contribution in [0.5, 0.6) is 5.95 Å². The lowest BCUT2D eigenvalue weighted by Crippen LogP contribution is -2.22. The number of fused-ring (bicyclic) bond motifs is 1. The predicted molar refractivity (Wildman–Crippen MR) is 75.8 cm³/mol. The second-order valence-corrected chi connectivity index (χ2v) is 7.04. The van der Waals surface area contributed by atoms with Gasteiger partial charge in [0.15, 0.2) is 5.58 Å². The summed E-state index contributed by atoms with van der Waals surface area (Å²) >= 11 is 11.8. The van der Waals surface area contributed by atoms with Crippen LogP contribution in [0.15, 0.2) is 21.4 Å². The summed E-state index contributed by atoms with van der Waals surface area (Å²) in [6, 6.07) is 2.30. The first-order valence-corrected chi connectivity index (χ1v) is 7.59. The number of carboxylic acid groups (broad SMARTS) is 1. The van der Waals surface area contributed by atoms with Crippen LogP contribution in [0, 0.1) is 0 Å². The van der Waals surface area contributed by atoms with Gasteiger partial charge in [0, 0.05) is 25.5 Å². The van der Waals surface area contributed by atoms with Crippen LogP contribution in [0.1, 0.15) is 0 Å². The van der Waals surface area contributed by atoms with Gasteiger partial charge in [-0.05, 0) is 6.07 Å². The summed E-state index contributed by atoms with van der Waals surface area (Å²) in [7, 11) is -1.14. The number of hydrogen-bond donors (Lipinski definition) is 1. The van der Waals surface area contributed by atoms with Gasteiger partial charge < -0.3 is 14.3 Å². The molecule has 0 saturated heterocycles. The lowest BCUT2D eigenvalue weighted by Gasteiger charge is -2.12. The molecule has 21 heavy (non-hydrogen) atoms. The van der Waals surface area contributed by atoms with E-state index in [1.807, 2.05) is 0 Å². The summed E-state index contributed by atoms with van der Waals surface area (Å²) in [6.45, 7) is 0. The number of sulfonamides is 1. The fourth-order valence-electron chi connectivity index (χ4n) is 1.63. The summed E-state index contributed by atoms with van der Waals surface area (Å²) in [5.41, 5.74) is -0.0687. The standard InChI is InChI=1S/C11H9Cl2NO6S/c1-14(2)21(17,18)7-4-6(12)9(13)10-5(7)3-8(19-10)20-11(15)16/h3-4H,1-2H3,(H,15,16). The summed E-state index contributed by atoms with van der Waals surface area (Å²) in [5.74, 6) is -0.406. The lowest BCUT2D eigenvalue weighted by atomic mass is 10.2. The van der Waals surface area contributed by atoms with Crippen molar-refractivity contribution >= 4 is 50.3 Å². The van der Waals surface area contributed by atoms with Crippen molar-refractivity contribution in [1.82, 2.24) is 4.31 Å². The molecule has 1 N–H and O–H groups in total. The largest absolute Gasteiger partial charge is 0.513 e. The number of rotatable bonds is 3. The number of furan rings is 1. The van der Waals surface area contributed by atoms with Crippen LogP contribution in [0.25, 0.3) is 11.0 Å². The lowest BCUT2D eigenvalue weighted by molar-refractivity contribution is 0.134. The molecule has 0 fully saturated rings. The van der Waals surface area contributed by atoms with E-state index in [1.165, 1.54) is 20.2 Å². The third-order valence-electron chi connectivity index (χ3n) is 2.59. The summed E-state index contributed by atoms with van der Waals surface area (Å²) in [6.07, 6.45) is -1.60. The molecule has 0 unspecified atom stereocenters. The van der Waals surface area contributed by atoms with Crippen LogP contribution in [0.4, 0.5) is 4.79 Å². The minimum Gasteiger partial charge on any atom is -0.449 e. The molecule has 1 aromatic carbocycles. The van der Waals surface area contributed by atoms with Gasteiger partial charge in [0.2, 0.25) is 10.0 Å². The third kappa shape index (κ3) is 2.80. The molecule has 1 heterocycles. The average molecular weight is 354 g/mol. The molecule has 0 atom stereocenters. The first kappa shape index (κ1) is 15.9. The van der Waals surface area contributed by atoms with Crippen molar-refractivity contribution in [2.75, 3.05) is 14.1 Å². The van der Waals surface area contributed by atoms with Crippen molar-refractivity contribution in [1.29, 1.82) is 0 Å². The first-order valence-electron chi connectivity index (χ1n) is 5.39. The van der Waals surface area contributed by atoms with E-state index in [0.29, 0.717) is 0 Å². The molecule has 0 radical (unpaired) electrons. The highest BCUT2D eigenvalue weighted by molar-refractivity contribution is 7.89. The predicted octanol–water partition coefficient (Wildman–Crippen LogP) is 3.05. The van der Waals surface area contributed by atoms with Crippen molar-refractivity contribution in [2.45, 2.75) is 4.90 Å². The smallest absolute Gasteiger partial charge is 0.449 e. The van der Waals surface area contributed by atoms with Gasteiger partial charge in [0.25, 0.3) is 5.95 Å². The minimum atomic E-state index is -3.83. The molecule has 0 aliphatic rings. The number of carbonyl (C=O) groups is 1. The van der Waals surface area contributed by atoms with Crippen molar-refractivity contribution in [3.05, 3.63) is 22.2 Å². The Bertz CT molecular complexity index is 827. The van der Waals surface area contributed by atoms with E-state index in [-0.39, 0.29) is 25.9 Å². The van der Waals surface area contributed by atoms with Gasteiger partial charge in [-0.15, -0.1) is 0 Å². The zero-order valence-corrected chi connectivity index (χ0v) is 13.1. The monoisotopic (exact) mass is 353 g/mol. The van der Waals surface area contributed by atoms with Crippen LogP contribution in [-0.4, -0.2) is 38.1 Å². The van der Waals surface area contributed by atoms with Gasteiger partial charge in [0.05, 0.1) is 9.92 Å². The Labute approximate surface area is 129 Å². The molecule has 0 aliphatic carbocycles. The number of hydrogen-bond acceptors (Lipinski definition) is 5. The maximum Gasteiger partial charge on any atom is 0.513 e. The molecule has 0 bridgehead atoms. The number of nitrogens with zero attached hydrogens (tertiary/aromatic N) is 1. The Hall–Kier alpha value is -1.48. The van der Waals surface area contributed by atoms with Crippen LogP contribution >= 0.6 is 23.2 Å². The normalized spacial score (nSPS) is 12.0. The topological polar surface area (TPSA) is 97.0 Å². The van der Waals surface area contributed by atoms with Crippen LogP contribution in [0.3, 0.4) is 0 Å². The van der Waals surface area contributed by atoms with Crippen molar-refractivity contribution < 1.29 is 27.5 Å². The van der Waals surface area contributed by atoms with E-state index in [1.54, 1.807) is 0 Å². The molecule has 0 aliphatic heterocycles. The molecule has 1 aromatic heterocycles. The van der Waals surface area contributed by atoms with Gasteiger partial charge in [-0.3, -0.25) is 0 Å². The summed E-state index contributed by atoms with van der Waals surface area (Å²) in [5, 5.41) is 8.57. The Morgan fingerprint density at radius 2 is 1.95 bits per heavy atom. The Morgan fingerprint density at radius 3 is 2.48 bits per heavy atom. The van der Waals surface area contributed by atoms with Crippen molar-refractivity contribution in [2.24, 2.45) is 0 Å². The van der Waals surface area contributed by atoms with Gasteiger partial charge in [0.1, 0.15) is 5.02 Å². The Balaban J connectivity index is 2.81. The maximum atomic E-state index is 12.3. The highest BCUT2D eigenvalue weighted by Crippen LogP contribution is 2.40. The second-order valence-electron chi connectivity index (χ2n) is 4.13. The maximum absolute atomic E-state index is 12.3. The third-order valence-corrected chi connectivity index (χ3v) is 5.21. The van der Waals surface area contributed by atoms with Crippen LogP contribution < -0.4 is 4.74 Å². The van der Waals surface area contributed by atoms with Crippen molar-refractivity contribution in [3.63, 3.8) is 0 Å². The fourth-order valence-corrected chi connectivity index (χ4v) is 3.17. The van der Waals surface area contributed by atoms with Gasteiger partial charge in [-0.2, -0.15) is 0 Å².